The van der Waals surface area contributed by atoms with Gasteiger partial charge in [0, 0.05) is 43.8 Å². The lowest BCUT2D eigenvalue weighted by Crippen LogP contribution is -2.54. The summed E-state index contributed by atoms with van der Waals surface area (Å²) in [7, 11) is 2.00. The minimum atomic E-state index is 0.0240. The molecule has 0 unspecified atom stereocenters. The van der Waals surface area contributed by atoms with Gasteiger partial charge >= 0.3 is 0 Å². The monoisotopic (exact) mass is 339 g/mol. The summed E-state index contributed by atoms with van der Waals surface area (Å²) in [5.74, 6) is 0.0240. The molecule has 1 aliphatic carbocycles. The minimum absolute atomic E-state index is 0.0240. The summed E-state index contributed by atoms with van der Waals surface area (Å²) in [5, 5.41) is 7.41. The molecule has 3 heterocycles. The third kappa shape index (κ3) is 3.44. The number of nitrogens with one attached hydrogen (secondary N) is 1. The maximum Gasteiger partial charge on any atom is 0.251 e. The standard InChI is InChI=1S/C19H25N5O/c1-23-17(4-9-21-23)14-24-10-5-19(6-11-24)12-16(13-19)22-18(25)15-2-7-20-8-3-15/h2-4,7-9,16H,5-6,10-14H2,1H3,(H,22,25). The average molecular weight is 339 g/mol. The van der Waals surface area contributed by atoms with Crippen molar-refractivity contribution in [1.82, 2.24) is 25.0 Å². The Kier molecular flexibility index (Phi) is 4.29. The second-order valence-electron chi connectivity index (χ2n) is 7.54. The van der Waals surface area contributed by atoms with Gasteiger partial charge in [-0.25, -0.2) is 0 Å². The predicted molar refractivity (Wildman–Crippen MR) is 94.9 cm³/mol. The molecule has 2 fully saturated rings. The zero-order valence-electron chi connectivity index (χ0n) is 14.7. The van der Waals surface area contributed by atoms with Crippen LogP contribution in [-0.4, -0.2) is 44.7 Å². The van der Waals surface area contributed by atoms with Crippen molar-refractivity contribution in [1.29, 1.82) is 0 Å². The summed E-state index contributed by atoms with van der Waals surface area (Å²) in [6, 6.07) is 5.95. The van der Waals surface area contributed by atoms with Gasteiger partial charge in [-0.2, -0.15) is 5.10 Å². The summed E-state index contributed by atoms with van der Waals surface area (Å²) in [6.07, 6.45) is 9.87. The molecule has 2 aliphatic rings. The summed E-state index contributed by atoms with van der Waals surface area (Å²) < 4.78 is 1.96. The van der Waals surface area contributed by atoms with Crippen LogP contribution >= 0.6 is 0 Å². The molecule has 0 aromatic carbocycles. The van der Waals surface area contributed by atoms with Gasteiger partial charge in [0.15, 0.2) is 0 Å². The molecule has 1 N–H and O–H groups in total. The molecular weight excluding hydrogens is 314 g/mol. The highest BCUT2D eigenvalue weighted by molar-refractivity contribution is 5.94. The number of pyridine rings is 1. The van der Waals surface area contributed by atoms with Crippen molar-refractivity contribution in [3.05, 3.63) is 48.0 Å². The van der Waals surface area contributed by atoms with Crippen LogP contribution in [-0.2, 0) is 13.6 Å². The van der Waals surface area contributed by atoms with Crippen LogP contribution in [0.15, 0.2) is 36.8 Å². The number of carbonyl (C=O) groups excluding carboxylic acids is 1. The highest BCUT2D eigenvalue weighted by Crippen LogP contribution is 2.49. The normalized spacial score (nSPS) is 20.4. The van der Waals surface area contributed by atoms with Gasteiger partial charge in [-0.1, -0.05) is 0 Å². The molecule has 2 aromatic heterocycles. The molecule has 6 heteroatoms. The number of piperidine rings is 1. The lowest BCUT2D eigenvalue weighted by Gasteiger charge is -2.52. The molecular formula is C19H25N5O. The van der Waals surface area contributed by atoms with E-state index in [4.69, 9.17) is 0 Å². The number of rotatable bonds is 4. The summed E-state index contributed by atoms with van der Waals surface area (Å²) in [4.78, 5) is 18.7. The first kappa shape index (κ1) is 16.3. The lowest BCUT2D eigenvalue weighted by atomic mass is 9.60. The van der Waals surface area contributed by atoms with Crippen LogP contribution in [0.4, 0.5) is 0 Å². The molecule has 4 rings (SSSR count). The molecule has 25 heavy (non-hydrogen) atoms. The Balaban J connectivity index is 1.24. The number of hydrogen-bond acceptors (Lipinski definition) is 4. The number of likely N-dealkylation sites (tertiary alicyclic amines) is 1. The van der Waals surface area contributed by atoms with Gasteiger partial charge in [-0.15, -0.1) is 0 Å². The van der Waals surface area contributed by atoms with E-state index in [9.17, 15) is 4.79 Å². The number of nitrogens with zero attached hydrogens (tertiary/aromatic N) is 4. The zero-order chi connectivity index (χ0) is 17.3. The molecule has 1 saturated heterocycles. The Morgan fingerprint density at radius 1 is 1.20 bits per heavy atom. The average Bonchev–Trinajstić information content (AvgIpc) is 3.01. The molecule has 6 nitrogen and oxygen atoms in total. The topological polar surface area (TPSA) is 63.1 Å². The second-order valence-corrected chi connectivity index (χ2v) is 7.54. The number of aryl methyl sites for hydroxylation is 1. The fourth-order valence-electron chi connectivity index (χ4n) is 4.24. The van der Waals surface area contributed by atoms with E-state index in [1.807, 2.05) is 17.9 Å². The SMILES string of the molecule is Cn1nccc1CN1CCC2(CC1)CC(NC(=O)c1ccncc1)C2. The van der Waals surface area contributed by atoms with Crippen LogP contribution in [0.1, 0.15) is 41.7 Å². The Morgan fingerprint density at radius 3 is 2.56 bits per heavy atom. The maximum atomic E-state index is 12.2. The van der Waals surface area contributed by atoms with Gasteiger partial charge in [0.1, 0.15) is 0 Å². The third-order valence-corrected chi connectivity index (χ3v) is 5.86. The minimum Gasteiger partial charge on any atom is -0.349 e. The molecule has 0 radical (unpaired) electrons. The predicted octanol–water partition coefficient (Wildman–Crippen LogP) is 1.99. The highest BCUT2D eigenvalue weighted by atomic mass is 16.1. The molecule has 1 aliphatic heterocycles. The number of aromatic nitrogens is 3. The first-order valence-corrected chi connectivity index (χ1v) is 9.04. The van der Waals surface area contributed by atoms with E-state index < -0.39 is 0 Å². The van der Waals surface area contributed by atoms with E-state index in [1.165, 1.54) is 18.5 Å². The van der Waals surface area contributed by atoms with E-state index in [1.54, 1.807) is 24.5 Å². The van der Waals surface area contributed by atoms with E-state index in [0.717, 1.165) is 32.5 Å². The van der Waals surface area contributed by atoms with Crippen molar-refractivity contribution in [3.8, 4) is 0 Å². The molecule has 2 aromatic rings. The number of amides is 1. The zero-order valence-corrected chi connectivity index (χ0v) is 14.7. The quantitative estimate of drug-likeness (QED) is 0.925. The van der Waals surface area contributed by atoms with Crippen molar-refractivity contribution in [2.45, 2.75) is 38.3 Å². The van der Waals surface area contributed by atoms with Crippen LogP contribution in [0.3, 0.4) is 0 Å². The van der Waals surface area contributed by atoms with Gasteiger partial charge in [-0.3, -0.25) is 19.4 Å². The van der Waals surface area contributed by atoms with Crippen LogP contribution < -0.4 is 5.32 Å². The molecule has 1 saturated carbocycles. The molecule has 132 valence electrons. The number of carbonyl (C=O) groups is 1. The Hall–Kier alpha value is -2.21. The van der Waals surface area contributed by atoms with E-state index in [2.05, 4.69) is 26.4 Å². The number of hydrogen-bond donors (Lipinski definition) is 1. The van der Waals surface area contributed by atoms with Crippen molar-refractivity contribution in [2.75, 3.05) is 13.1 Å². The summed E-state index contributed by atoms with van der Waals surface area (Å²) in [5.41, 5.74) is 2.41. The molecule has 1 spiro atoms. The van der Waals surface area contributed by atoms with Crippen LogP contribution in [0.25, 0.3) is 0 Å². The summed E-state index contributed by atoms with van der Waals surface area (Å²) >= 11 is 0. The smallest absolute Gasteiger partial charge is 0.251 e. The van der Waals surface area contributed by atoms with Crippen molar-refractivity contribution >= 4 is 5.91 Å². The first-order valence-electron chi connectivity index (χ1n) is 9.04. The van der Waals surface area contributed by atoms with Crippen LogP contribution in [0, 0.1) is 5.41 Å². The van der Waals surface area contributed by atoms with Crippen molar-refractivity contribution < 1.29 is 4.79 Å². The van der Waals surface area contributed by atoms with Crippen molar-refractivity contribution in [3.63, 3.8) is 0 Å². The van der Waals surface area contributed by atoms with Crippen molar-refractivity contribution in [2.24, 2.45) is 12.5 Å². The first-order chi connectivity index (χ1) is 12.1. The highest BCUT2D eigenvalue weighted by Gasteiger charge is 2.46. The molecule has 1 amide bonds. The van der Waals surface area contributed by atoms with Gasteiger partial charge in [0.2, 0.25) is 0 Å². The Morgan fingerprint density at radius 2 is 1.92 bits per heavy atom. The van der Waals surface area contributed by atoms with Gasteiger partial charge in [0.25, 0.3) is 5.91 Å². The van der Waals surface area contributed by atoms with E-state index >= 15 is 0 Å². The second kappa shape index (κ2) is 6.59. The Bertz CT molecular complexity index is 725. The van der Waals surface area contributed by atoms with E-state index in [-0.39, 0.29) is 5.91 Å². The van der Waals surface area contributed by atoms with E-state index in [0.29, 0.717) is 17.0 Å². The van der Waals surface area contributed by atoms with Crippen LogP contribution in [0.2, 0.25) is 0 Å². The fraction of sp³-hybridized carbons (Fsp3) is 0.526. The maximum absolute atomic E-state index is 12.2. The summed E-state index contributed by atoms with van der Waals surface area (Å²) in [6.45, 7) is 3.25. The molecule has 0 bridgehead atoms. The van der Waals surface area contributed by atoms with Gasteiger partial charge < -0.3 is 5.32 Å². The largest absolute Gasteiger partial charge is 0.349 e. The van der Waals surface area contributed by atoms with Gasteiger partial charge in [0.05, 0.1) is 5.69 Å². The van der Waals surface area contributed by atoms with Crippen LogP contribution in [0.5, 0.6) is 0 Å². The third-order valence-electron chi connectivity index (χ3n) is 5.86. The Labute approximate surface area is 148 Å². The lowest BCUT2D eigenvalue weighted by molar-refractivity contribution is 0.00410. The van der Waals surface area contributed by atoms with Gasteiger partial charge in [-0.05, 0) is 62.4 Å². The molecule has 0 atom stereocenters. The fourth-order valence-corrected chi connectivity index (χ4v) is 4.24.